The van der Waals surface area contributed by atoms with Crippen LogP contribution >= 0.6 is 11.2 Å². The van der Waals surface area contributed by atoms with E-state index in [4.69, 9.17) is 0 Å². The third kappa shape index (κ3) is 8.27. The van der Waals surface area contributed by atoms with Crippen molar-refractivity contribution in [3.05, 3.63) is 35.4 Å². The molecule has 1 rings (SSSR count). The molecule has 0 aliphatic carbocycles. The summed E-state index contributed by atoms with van der Waals surface area (Å²) in [5.74, 6) is 1.33. The van der Waals surface area contributed by atoms with E-state index in [1.54, 1.807) is 0 Å². The highest BCUT2D eigenvalue weighted by Gasteiger charge is 2.12. The summed E-state index contributed by atoms with van der Waals surface area (Å²) in [6.07, 6.45) is 5.89. The quantitative estimate of drug-likeness (QED) is 0.367. The standard InChI is InChI=1S/C16H27NSSi/c1-15-10-6-7-11-16(15)14-17-12-8-5-9-13-18-19(2,3)4/h6-7,10-11,14H,5,8-9,12-13H2,1-4H3. The van der Waals surface area contributed by atoms with Crippen molar-refractivity contribution in [2.45, 2.75) is 45.8 Å². The summed E-state index contributed by atoms with van der Waals surface area (Å²) in [5, 5.41) is 0. The normalized spacial score (nSPS) is 12.2. The lowest BCUT2D eigenvalue weighted by atomic mass is 10.1. The van der Waals surface area contributed by atoms with Gasteiger partial charge in [-0.25, -0.2) is 0 Å². The number of benzene rings is 1. The van der Waals surface area contributed by atoms with Gasteiger partial charge in [0.05, 0.1) is 0 Å². The molecular weight excluding hydrogens is 266 g/mol. The summed E-state index contributed by atoms with van der Waals surface area (Å²) in [4.78, 5) is 4.53. The first-order chi connectivity index (χ1) is 8.99. The number of hydrogen-bond donors (Lipinski definition) is 0. The molecule has 0 saturated carbocycles. The molecule has 0 bridgehead atoms. The topological polar surface area (TPSA) is 12.4 Å². The minimum Gasteiger partial charge on any atom is -0.293 e. The summed E-state index contributed by atoms with van der Waals surface area (Å²) in [5.41, 5.74) is 2.55. The van der Waals surface area contributed by atoms with Gasteiger partial charge in [-0.05, 0) is 36.6 Å². The van der Waals surface area contributed by atoms with Crippen molar-refractivity contribution in [3.63, 3.8) is 0 Å². The number of unbranched alkanes of at least 4 members (excludes halogenated alkanes) is 2. The minimum absolute atomic E-state index is 0.896. The molecule has 1 aromatic rings. The molecule has 3 heteroatoms. The van der Waals surface area contributed by atoms with Gasteiger partial charge < -0.3 is 0 Å². The number of nitrogens with zero attached hydrogens (tertiary/aromatic N) is 1. The van der Waals surface area contributed by atoms with E-state index >= 15 is 0 Å². The second kappa shape index (κ2) is 8.59. The fraction of sp³-hybridized carbons (Fsp3) is 0.562. The number of aryl methyl sites for hydroxylation is 1. The second-order valence-electron chi connectivity index (χ2n) is 5.91. The lowest BCUT2D eigenvalue weighted by molar-refractivity contribution is 0.735. The van der Waals surface area contributed by atoms with Gasteiger partial charge in [-0.2, -0.15) is 11.2 Å². The van der Waals surface area contributed by atoms with E-state index in [-0.39, 0.29) is 0 Å². The van der Waals surface area contributed by atoms with Crippen LogP contribution in [0.4, 0.5) is 0 Å². The molecule has 0 fully saturated rings. The Morgan fingerprint density at radius 1 is 1.11 bits per heavy atom. The van der Waals surface area contributed by atoms with E-state index in [0.717, 1.165) is 6.54 Å². The van der Waals surface area contributed by atoms with Gasteiger partial charge in [0.1, 0.15) is 7.22 Å². The molecule has 0 saturated heterocycles. The van der Waals surface area contributed by atoms with E-state index in [2.05, 4.69) is 67.0 Å². The fourth-order valence-corrected chi connectivity index (χ4v) is 4.99. The Morgan fingerprint density at radius 2 is 1.84 bits per heavy atom. The van der Waals surface area contributed by atoms with Crippen LogP contribution in [0.3, 0.4) is 0 Å². The first kappa shape index (κ1) is 16.5. The molecule has 0 atom stereocenters. The van der Waals surface area contributed by atoms with Crippen LogP contribution in [0.2, 0.25) is 19.6 Å². The molecule has 0 unspecified atom stereocenters. The highest BCUT2D eigenvalue weighted by Crippen LogP contribution is 2.20. The van der Waals surface area contributed by atoms with Crippen molar-refractivity contribution in [1.29, 1.82) is 0 Å². The van der Waals surface area contributed by atoms with E-state index in [1.165, 1.54) is 36.1 Å². The number of aliphatic imine (C=N–C) groups is 1. The highest BCUT2D eigenvalue weighted by atomic mass is 32.4. The first-order valence-electron chi connectivity index (χ1n) is 7.18. The first-order valence-corrected chi connectivity index (χ1v) is 12.4. The van der Waals surface area contributed by atoms with Crippen LogP contribution < -0.4 is 0 Å². The fourth-order valence-electron chi connectivity index (χ4n) is 1.75. The molecule has 0 spiro atoms. The van der Waals surface area contributed by atoms with Crippen LogP contribution in [0.1, 0.15) is 30.4 Å². The molecular formula is C16H27NSSi. The van der Waals surface area contributed by atoms with Gasteiger partial charge in [-0.1, -0.05) is 50.3 Å². The maximum Gasteiger partial charge on any atom is 0.108 e. The van der Waals surface area contributed by atoms with Crippen LogP contribution in [0.5, 0.6) is 0 Å². The van der Waals surface area contributed by atoms with Crippen LogP contribution in [-0.2, 0) is 0 Å². The van der Waals surface area contributed by atoms with Gasteiger partial charge in [0, 0.05) is 12.8 Å². The molecule has 1 nitrogen and oxygen atoms in total. The minimum atomic E-state index is -0.896. The van der Waals surface area contributed by atoms with Crippen LogP contribution in [0.25, 0.3) is 0 Å². The third-order valence-electron chi connectivity index (χ3n) is 2.89. The lowest BCUT2D eigenvalue weighted by Gasteiger charge is -2.14. The van der Waals surface area contributed by atoms with Crippen molar-refractivity contribution in [3.8, 4) is 0 Å². The van der Waals surface area contributed by atoms with Crippen LogP contribution in [0.15, 0.2) is 29.3 Å². The highest BCUT2D eigenvalue weighted by molar-refractivity contribution is 8.28. The SMILES string of the molecule is Cc1ccccc1C=NCCCCCS[Si](C)(C)C. The van der Waals surface area contributed by atoms with E-state index in [0.29, 0.717) is 0 Å². The molecule has 1 aromatic carbocycles. The smallest absolute Gasteiger partial charge is 0.108 e. The monoisotopic (exact) mass is 293 g/mol. The largest absolute Gasteiger partial charge is 0.293 e. The van der Waals surface area contributed by atoms with Gasteiger partial charge in [0.2, 0.25) is 0 Å². The zero-order valence-electron chi connectivity index (χ0n) is 12.8. The van der Waals surface area contributed by atoms with Gasteiger partial charge in [-0.15, -0.1) is 0 Å². The molecule has 0 aliphatic rings. The maximum absolute atomic E-state index is 4.53. The molecule has 0 radical (unpaired) electrons. The Hall–Kier alpha value is -0.543. The Bertz CT molecular complexity index is 396. The number of rotatable bonds is 8. The van der Waals surface area contributed by atoms with E-state index in [9.17, 15) is 0 Å². The zero-order valence-corrected chi connectivity index (χ0v) is 14.6. The van der Waals surface area contributed by atoms with Gasteiger partial charge in [-0.3, -0.25) is 4.99 Å². The molecule has 0 aliphatic heterocycles. The van der Waals surface area contributed by atoms with Gasteiger partial charge >= 0.3 is 0 Å². The van der Waals surface area contributed by atoms with Crippen molar-refractivity contribution >= 4 is 24.6 Å². The van der Waals surface area contributed by atoms with Crippen molar-refractivity contribution in [2.75, 3.05) is 12.3 Å². The van der Waals surface area contributed by atoms with E-state index < -0.39 is 7.22 Å². The van der Waals surface area contributed by atoms with Gasteiger partial charge in [0.25, 0.3) is 0 Å². The summed E-state index contributed by atoms with van der Waals surface area (Å²) in [6, 6.07) is 8.41. The van der Waals surface area contributed by atoms with Crippen molar-refractivity contribution in [1.82, 2.24) is 0 Å². The van der Waals surface area contributed by atoms with E-state index in [1.807, 2.05) is 6.21 Å². The average Bonchev–Trinajstić information content (AvgIpc) is 2.33. The van der Waals surface area contributed by atoms with Crippen LogP contribution in [-0.4, -0.2) is 25.7 Å². The third-order valence-corrected chi connectivity index (χ3v) is 7.45. The lowest BCUT2D eigenvalue weighted by Crippen LogP contribution is -2.14. The summed E-state index contributed by atoms with van der Waals surface area (Å²) in [6.45, 7) is 10.4. The summed E-state index contributed by atoms with van der Waals surface area (Å²) in [7, 11) is -0.896. The predicted octanol–water partition coefficient (Wildman–Crippen LogP) is 5.15. The maximum atomic E-state index is 4.53. The van der Waals surface area contributed by atoms with Gasteiger partial charge in [0.15, 0.2) is 0 Å². The Balaban J connectivity index is 2.10. The summed E-state index contributed by atoms with van der Waals surface area (Å²) >= 11 is 2.20. The molecule has 0 aromatic heterocycles. The summed E-state index contributed by atoms with van der Waals surface area (Å²) < 4.78 is 0. The molecule has 0 heterocycles. The molecule has 0 amide bonds. The molecule has 19 heavy (non-hydrogen) atoms. The van der Waals surface area contributed by atoms with Crippen LogP contribution in [0, 0.1) is 6.92 Å². The Kier molecular flexibility index (Phi) is 7.47. The van der Waals surface area contributed by atoms with Crippen molar-refractivity contribution < 1.29 is 0 Å². The zero-order chi connectivity index (χ0) is 14.1. The molecule has 106 valence electrons. The Morgan fingerprint density at radius 3 is 2.53 bits per heavy atom. The Labute approximate surface area is 123 Å². The predicted molar refractivity (Wildman–Crippen MR) is 93.3 cm³/mol. The average molecular weight is 294 g/mol. The second-order valence-corrected chi connectivity index (χ2v) is 15.4. The molecule has 0 N–H and O–H groups in total. The van der Waals surface area contributed by atoms with Crippen molar-refractivity contribution in [2.24, 2.45) is 4.99 Å². The number of hydrogen-bond acceptors (Lipinski definition) is 2.